The summed E-state index contributed by atoms with van der Waals surface area (Å²) in [7, 11) is 1.91. The van der Waals surface area contributed by atoms with Crippen molar-refractivity contribution < 1.29 is 9.13 Å². The summed E-state index contributed by atoms with van der Waals surface area (Å²) in [6, 6.07) is 12.7. The lowest BCUT2D eigenvalue weighted by Crippen LogP contribution is -2.13. The van der Waals surface area contributed by atoms with Crippen molar-refractivity contribution in [3.8, 4) is 5.75 Å². The monoisotopic (exact) mass is 337 g/mol. The lowest BCUT2D eigenvalue weighted by atomic mass is 10.1. The van der Waals surface area contributed by atoms with Gasteiger partial charge in [-0.3, -0.25) is 0 Å². The highest BCUT2D eigenvalue weighted by Gasteiger charge is 2.10. The van der Waals surface area contributed by atoms with Gasteiger partial charge in [-0.1, -0.05) is 40.2 Å². The van der Waals surface area contributed by atoms with Gasteiger partial charge < -0.3 is 10.1 Å². The summed E-state index contributed by atoms with van der Waals surface area (Å²) in [6.45, 7) is 2.48. The van der Waals surface area contributed by atoms with Gasteiger partial charge in [0.15, 0.2) is 0 Å². The predicted molar refractivity (Wildman–Crippen MR) is 82.3 cm³/mol. The number of hydrogen-bond acceptors (Lipinski definition) is 2. The minimum Gasteiger partial charge on any atom is -0.489 e. The molecule has 2 aromatic rings. The molecule has 4 heteroatoms. The molecule has 0 fully saturated rings. The van der Waals surface area contributed by atoms with Gasteiger partial charge in [-0.15, -0.1) is 0 Å². The molecule has 1 unspecified atom stereocenters. The zero-order valence-electron chi connectivity index (χ0n) is 11.5. The lowest BCUT2D eigenvalue weighted by Gasteiger charge is -2.16. The van der Waals surface area contributed by atoms with Gasteiger partial charge in [0.25, 0.3) is 0 Å². The fraction of sp³-hybridized carbons (Fsp3) is 0.250. The van der Waals surface area contributed by atoms with E-state index in [4.69, 9.17) is 4.74 Å². The van der Waals surface area contributed by atoms with Gasteiger partial charge in [0, 0.05) is 21.6 Å². The number of hydrogen-bond donors (Lipinski definition) is 1. The molecule has 0 amide bonds. The Morgan fingerprint density at radius 3 is 2.70 bits per heavy atom. The Bertz CT molecular complexity index is 588. The molecule has 0 spiro atoms. The zero-order valence-corrected chi connectivity index (χ0v) is 13.1. The molecule has 20 heavy (non-hydrogen) atoms. The third-order valence-corrected chi connectivity index (χ3v) is 3.96. The Hall–Kier alpha value is -1.39. The quantitative estimate of drug-likeness (QED) is 0.870. The van der Waals surface area contributed by atoms with E-state index in [0.29, 0.717) is 6.61 Å². The Morgan fingerprint density at radius 2 is 2.00 bits per heavy atom. The highest BCUT2D eigenvalue weighted by atomic mass is 79.9. The van der Waals surface area contributed by atoms with E-state index in [1.807, 2.05) is 31.3 Å². The largest absolute Gasteiger partial charge is 0.489 e. The molecule has 2 nitrogen and oxygen atoms in total. The summed E-state index contributed by atoms with van der Waals surface area (Å²) in [6.07, 6.45) is 0. The third-order valence-electron chi connectivity index (χ3n) is 3.22. The topological polar surface area (TPSA) is 21.3 Å². The van der Waals surface area contributed by atoms with Gasteiger partial charge in [-0.25, -0.2) is 4.39 Å². The second-order valence-electron chi connectivity index (χ2n) is 4.57. The van der Waals surface area contributed by atoms with Crippen LogP contribution in [0.5, 0.6) is 5.75 Å². The molecule has 106 valence electrons. The highest BCUT2D eigenvalue weighted by molar-refractivity contribution is 9.10. The van der Waals surface area contributed by atoms with Crippen LogP contribution in [-0.4, -0.2) is 7.05 Å². The molecule has 0 aliphatic carbocycles. The van der Waals surface area contributed by atoms with E-state index in [-0.39, 0.29) is 11.9 Å². The summed E-state index contributed by atoms with van der Waals surface area (Å²) in [5.41, 5.74) is 2.02. The molecule has 2 rings (SSSR count). The average Bonchev–Trinajstić information content (AvgIpc) is 2.46. The predicted octanol–water partition coefficient (Wildman–Crippen LogP) is 4.45. The van der Waals surface area contributed by atoms with Crippen molar-refractivity contribution in [2.24, 2.45) is 0 Å². The van der Waals surface area contributed by atoms with Crippen LogP contribution in [-0.2, 0) is 6.61 Å². The summed E-state index contributed by atoms with van der Waals surface area (Å²) in [5.74, 6) is 0.579. The number of halogens is 2. The number of ether oxygens (including phenoxy) is 1. The molecule has 0 aliphatic rings. The van der Waals surface area contributed by atoms with E-state index in [0.717, 1.165) is 21.3 Å². The van der Waals surface area contributed by atoms with Crippen LogP contribution in [0.25, 0.3) is 0 Å². The first-order valence-corrected chi connectivity index (χ1v) is 7.24. The maximum Gasteiger partial charge on any atom is 0.124 e. The second kappa shape index (κ2) is 6.86. The van der Waals surface area contributed by atoms with Crippen LogP contribution >= 0.6 is 15.9 Å². The maximum atomic E-state index is 13.0. The molecule has 0 aliphatic heterocycles. The van der Waals surface area contributed by atoms with Crippen molar-refractivity contribution in [1.29, 1.82) is 0 Å². The number of benzene rings is 2. The molecule has 1 atom stereocenters. The maximum absolute atomic E-state index is 13.0. The van der Waals surface area contributed by atoms with Crippen LogP contribution in [0.4, 0.5) is 4.39 Å². The fourth-order valence-corrected chi connectivity index (χ4v) is 2.38. The van der Waals surface area contributed by atoms with Crippen molar-refractivity contribution in [3.63, 3.8) is 0 Å². The zero-order chi connectivity index (χ0) is 14.5. The van der Waals surface area contributed by atoms with Crippen LogP contribution < -0.4 is 10.1 Å². The molecular formula is C16H17BrFNO. The minimum atomic E-state index is -0.259. The summed E-state index contributed by atoms with van der Waals surface area (Å²) in [4.78, 5) is 0. The van der Waals surface area contributed by atoms with Crippen molar-refractivity contribution in [1.82, 2.24) is 5.32 Å². The average molecular weight is 338 g/mol. The second-order valence-corrected chi connectivity index (χ2v) is 5.43. The Morgan fingerprint density at radius 1 is 1.25 bits per heavy atom. The van der Waals surface area contributed by atoms with E-state index in [1.165, 1.54) is 12.1 Å². The Kier molecular flexibility index (Phi) is 5.15. The lowest BCUT2D eigenvalue weighted by molar-refractivity contribution is 0.299. The molecule has 0 aromatic heterocycles. The van der Waals surface area contributed by atoms with Crippen molar-refractivity contribution in [3.05, 3.63) is 63.9 Å². The van der Waals surface area contributed by atoms with Crippen LogP contribution in [0.1, 0.15) is 24.1 Å². The van der Waals surface area contributed by atoms with Crippen molar-refractivity contribution >= 4 is 15.9 Å². The molecule has 0 saturated carbocycles. The summed E-state index contributed by atoms with van der Waals surface area (Å²) >= 11 is 3.35. The summed E-state index contributed by atoms with van der Waals surface area (Å²) < 4.78 is 19.6. The van der Waals surface area contributed by atoms with Gasteiger partial charge in [-0.2, -0.15) is 0 Å². The molecule has 0 heterocycles. The van der Waals surface area contributed by atoms with E-state index in [1.54, 1.807) is 6.07 Å². The minimum absolute atomic E-state index is 0.211. The Labute approximate surface area is 127 Å². The van der Waals surface area contributed by atoms with Gasteiger partial charge in [0.1, 0.15) is 18.2 Å². The highest BCUT2D eigenvalue weighted by Crippen LogP contribution is 2.26. The molecule has 0 bridgehead atoms. The van der Waals surface area contributed by atoms with E-state index >= 15 is 0 Å². The van der Waals surface area contributed by atoms with Gasteiger partial charge in [-0.05, 0) is 32.2 Å². The van der Waals surface area contributed by atoms with Gasteiger partial charge >= 0.3 is 0 Å². The molecule has 0 saturated heterocycles. The fourth-order valence-electron chi connectivity index (χ4n) is 1.92. The van der Waals surface area contributed by atoms with Crippen LogP contribution in [0.15, 0.2) is 46.9 Å². The first-order valence-electron chi connectivity index (χ1n) is 6.44. The van der Waals surface area contributed by atoms with E-state index < -0.39 is 0 Å². The van der Waals surface area contributed by atoms with Gasteiger partial charge in [0.05, 0.1) is 0 Å². The van der Waals surface area contributed by atoms with Crippen LogP contribution in [0, 0.1) is 5.82 Å². The van der Waals surface area contributed by atoms with Crippen LogP contribution in [0.2, 0.25) is 0 Å². The van der Waals surface area contributed by atoms with Crippen molar-refractivity contribution in [2.45, 2.75) is 19.6 Å². The Balaban J connectivity index is 2.15. The number of nitrogens with one attached hydrogen (secondary N) is 1. The number of para-hydroxylation sites is 1. The normalized spacial score (nSPS) is 12.2. The molecule has 1 N–H and O–H groups in total. The standard InChI is InChI=1S/C16H17BrFNO/c1-11(19-2)14-5-3-4-6-16(14)20-10-12-7-8-13(18)9-15(12)17/h3-9,11,19H,10H2,1-2H3. The summed E-state index contributed by atoms with van der Waals surface area (Å²) in [5, 5.41) is 3.20. The third kappa shape index (κ3) is 3.58. The van der Waals surface area contributed by atoms with E-state index in [9.17, 15) is 4.39 Å². The van der Waals surface area contributed by atoms with Crippen molar-refractivity contribution in [2.75, 3.05) is 7.05 Å². The van der Waals surface area contributed by atoms with Crippen LogP contribution in [0.3, 0.4) is 0 Å². The first-order chi connectivity index (χ1) is 9.61. The SMILES string of the molecule is CNC(C)c1ccccc1OCc1ccc(F)cc1Br. The number of rotatable bonds is 5. The van der Waals surface area contributed by atoms with Gasteiger partial charge in [0.2, 0.25) is 0 Å². The smallest absolute Gasteiger partial charge is 0.124 e. The molecular weight excluding hydrogens is 321 g/mol. The van der Waals surface area contributed by atoms with E-state index in [2.05, 4.69) is 28.2 Å². The molecule has 0 radical (unpaired) electrons. The molecule has 2 aromatic carbocycles. The first kappa shape index (κ1) is 15.0.